The third kappa shape index (κ3) is 4.13. The highest BCUT2D eigenvalue weighted by Gasteiger charge is 2.45. The molecule has 1 aliphatic rings. The second-order valence-corrected chi connectivity index (χ2v) is 8.42. The zero-order valence-electron chi connectivity index (χ0n) is 17.9. The first-order valence-corrected chi connectivity index (χ1v) is 9.78. The number of amides is 2. The summed E-state index contributed by atoms with van der Waals surface area (Å²) in [5.41, 5.74) is 0.652. The molecule has 2 aromatic heterocycles. The van der Waals surface area contributed by atoms with Crippen LogP contribution in [0.4, 0.5) is 0 Å². The van der Waals surface area contributed by atoms with Crippen molar-refractivity contribution in [1.29, 1.82) is 0 Å². The number of carbonyl (C=O) groups is 2. The Morgan fingerprint density at radius 2 is 2.10 bits per heavy atom. The predicted octanol–water partition coefficient (Wildman–Crippen LogP) is 0.644. The molecule has 3 atom stereocenters. The third-order valence-corrected chi connectivity index (χ3v) is 5.18. The molecule has 2 amide bonds. The van der Waals surface area contributed by atoms with Crippen molar-refractivity contribution in [3.63, 3.8) is 0 Å². The number of likely N-dealkylation sites (tertiary alicyclic amines) is 1. The number of carbonyl (C=O) groups excluding carboxylic acids is 2. The Balaban J connectivity index is 1.97. The number of hydrogen-bond donors (Lipinski definition) is 2. The minimum atomic E-state index is -0.747. The van der Waals surface area contributed by atoms with Crippen molar-refractivity contribution in [2.24, 2.45) is 5.41 Å². The lowest BCUT2D eigenvalue weighted by molar-refractivity contribution is -0.144. The molecule has 0 saturated carbocycles. The van der Waals surface area contributed by atoms with Crippen LogP contribution in [0.5, 0.6) is 5.88 Å². The highest BCUT2D eigenvalue weighted by molar-refractivity contribution is 5.90. The first kappa shape index (κ1) is 21.7. The van der Waals surface area contributed by atoms with Crippen LogP contribution in [0.3, 0.4) is 0 Å². The molecule has 0 unspecified atom stereocenters. The molecule has 0 radical (unpaired) electrons. The maximum Gasteiger partial charge on any atom is 0.248 e. The van der Waals surface area contributed by atoms with E-state index in [0.29, 0.717) is 17.1 Å². The van der Waals surface area contributed by atoms with Gasteiger partial charge in [-0.15, -0.1) is 5.10 Å². The SMILES string of the molecule is CNC(=O)[C@@H]1C[C@@H](O)CN1C(=O)[C@@H](n1cc(-c2cccnc2OC)nn1)C(C)(C)C. The number of methoxy groups -OCH3 is 1. The molecule has 1 fully saturated rings. The maximum atomic E-state index is 13.5. The van der Waals surface area contributed by atoms with E-state index in [9.17, 15) is 14.7 Å². The molecule has 162 valence electrons. The molecule has 10 nitrogen and oxygen atoms in total. The molecule has 0 bridgehead atoms. The minimum absolute atomic E-state index is 0.0987. The van der Waals surface area contributed by atoms with Crippen LogP contribution in [0, 0.1) is 5.41 Å². The van der Waals surface area contributed by atoms with Crippen molar-refractivity contribution in [2.45, 2.75) is 45.4 Å². The summed E-state index contributed by atoms with van der Waals surface area (Å²) in [5, 5.41) is 21.1. The molecular weight excluding hydrogens is 388 g/mol. The number of nitrogens with zero attached hydrogens (tertiary/aromatic N) is 5. The number of pyridine rings is 1. The number of ether oxygens (including phenoxy) is 1. The van der Waals surface area contributed by atoms with Gasteiger partial charge in [-0.05, 0) is 17.5 Å². The second kappa shape index (κ2) is 8.39. The summed E-state index contributed by atoms with van der Waals surface area (Å²) in [7, 11) is 3.04. The van der Waals surface area contributed by atoms with Gasteiger partial charge >= 0.3 is 0 Å². The summed E-state index contributed by atoms with van der Waals surface area (Å²) < 4.78 is 6.80. The van der Waals surface area contributed by atoms with Gasteiger partial charge in [0.15, 0.2) is 0 Å². The average molecular weight is 416 g/mol. The number of nitrogens with one attached hydrogen (secondary N) is 1. The Morgan fingerprint density at radius 3 is 2.73 bits per heavy atom. The smallest absolute Gasteiger partial charge is 0.248 e. The van der Waals surface area contributed by atoms with Crippen LogP contribution in [0.1, 0.15) is 33.2 Å². The molecule has 1 aliphatic heterocycles. The molecular formula is C20H28N6O4. The summed E-state index contributed by atoms with van der Waals surface area (Å²) in [6, 6.07) is 2.14. The zero-order chi connectivity index (χ0) is 22.1. The monoisotopic (exact) mass is 416 g/mol. The van der Waals surface area contributed by atoms with Gasteiger partial charge in [0.1, 0.15) is 17.8 Å². The molecule has 2 aromatic rings. The van der Waals surface area contributed by atoms with E-state index in [1.54, 1.807) is 18.5 Å². The van der Waals surface area contributed by atoms with Gasteiger partial charge in [-0.2, -0.15) is 0 Å². The van der Waals surface area contributed by atoms with Crippen LogP contribution in [0.2, 0.25) is 0 Å². The van der Waals surface area contributed by atoms with Gasteiger partial charge in [0.2, 0.25) is 17.7 Å². The number of likely N-dealkylation sites (N-methyl/N-ethyl adjacent to an activating group) is 1. The molecule has 1 saturated heterocycles. The van der Waals surface area contributed by atoms with Crippen LogP contribution in [-0.4, -0.2) is 74.6 Å². The van der Waals surface area contributed by atoms with Gasteiger partial charge in [0, 0.05) is 26.2 Å². The Morgan fingerprint density at radius 1 is 1.37 bits per heavy atom. The Bertz CT molecular complexity index is 922. The van der Waals surface area contributed by atoms with Crippen LogP contribution in [-0.2, 0) is 9.59 Å². The van der Waals surface area contributed by atoms with E-state index < -0.39 is 23.6 Å². The fourth-order valence-corrected chi connectivity index (χ4v) is 3.78. The number of aromatic nitrogens is 4. The van der Waals surface area contributed by atoms with Gasteiger partial charge in [0.05, 0.1) is 25.0 Å². The predicted molar refractivity (Wildman–Crippen MR) is 108 cm³/mol. The fraction of sp³-hybridized carbons (Fsp3) is 0.550. The molecule has 10 heteroatoms. The van der Waals surface area contributed by atoms with E-state index in [1.165, 1.54) is 23.7 Å². The summed E-state index contributed by atoms with van der Waals surface area (Å²) in [4.78, 5) is 31.4. The Kier molecular flexibility index (Phi) is 6.06. The highest BCUT2D eigenvalue weighted by Crippen LogP contribution is 2.35. The second-order valence-electron chi connectivity index (χ2n) is 8.42. The van der Waals surface area contributed by atoms with Gasteiger partial charge < -0.3 is 20.1 Å². The Hall–Kier alpha value is -3.01. The lowest BCUT2D eigenvalue weighted by Crippen LogP contribution is -2.49. The number of aliphatic hydroxyl groups is 1. The van der Waals surface area contributed by atoms with Crippen LogP contribution >= 0.6 is 0 Å². The van der Waals surface area contributed by atoms with E-state index in [4.69, 9.17) is 4.74 Å². The van der Waals surface area contributed by atoms with Crippen molar-refractivity contribution in [3.05, 3.63) is 24.5 Å². The summed E-state index contributed by atoms with van der Waals surface area (Å²) in [5.74, 6) is -0.181. The van der Waals surface area contributed by atoms with E-state index in [-0.39, 0.29) is 24.8 Å². The first-order chi connectivity index (χ1) is 14.2. The summed E-state index contributed by atoms with van der Waals surface area (Å²) in [6.45, 7) is 5.86. The topological polar surface area (TPSA) is 122 Å². The number of aliphatic hydroxyl groups excluding tert-OH is 1. The van der Waals surface area contributed by atoms with Gasteiger partial charge in [-0.25, -0.2) is 9.67 Å². The molecule has 2 N–H and O–H groups in total. The van der Waals surface area contributed by atoms with Crippen LogP contribution in [0.15, 0.2) is 24.5 Å². The molecule has 3 heterocycles. The van der Waals surface area contributed by atoms with Crippen LogP contribution in [0.25, 0.3) is 11.3 Å². The van der Waals surface area contributed by atoms with Crippen molar-refractivity contribution in [1.82, 2.24) is 30.2 Å². The average Bonchev–Trinajstić information content (AvgIpc) is 3.33. The molecule has 0 aromatic carbocycles. The molecule has 0 aliphatic carbocycles. The molecule has 3 rings (SSSR count). The Labute approximate surface area is 175 Å². The van der Waals surface area contributed by atoms with Crippen molar-refractivity contribution in [3.8, 4) is 17.1 Å². The van der Waals surface area contributed by atoms with Gasteiger partial charge in [0.25, 0.3) is 0 Å². The lowest BCUT2D eigenvalue weighted by atomic mass is 9.85. The highest BCUT2D eigenvalue weighted by atomic mass is 16.5. The minimum Gasteiger partial charge on any atom is -0.481 e. The zero-order valence-corrected chi connectivity index (χ0v) is 17.9. The molecule has 30 heavy (non-hydrogen) atoms. The molecule has 0 spiro atoms. The number of hydrogen-bond acceptors (Lipinski definition) is 7. The van der Waals surface area contributed by atoms with Crippen molar-refractivity contribution >= 4 is 11.8 Å². The first-order valence-electron chi connectivity index (χ1n) is 9.78. The van der Waals surface area contributed by atoms with E-state index in [2.05, 4.69) is 20.6 Å². The maximum absolute atomic E-state index is 13.5. The summed E-state index contributed by atoms with van der Waals surface area (Å²) in [6.07, 6.45) is 2.75. The third-order valence-electron chi connectivity index (χ3n) is 5.18. The van der Waals surface area contributed by atoms with E-state index in [0.717, 1.165) is 0 Å². The number of rotatable bonds is 5. The number of β-amino-alcohol motifs (C(OH)–C–C–N with tert-alkyl or cyclic N) is 1. The fourth-order valence-electron chi connectivity index (χ4n) is 3.78. The quantitative estimate of drug-likeness (QED) is 0.733. The van der Waals surface area contributed by atoms with E-state index in [1.807, 2.05) is 26.8 Å². The standard InChI is InChI=1S/C20H28N6O4/c1-20(2,3)16(19(29)25-10-12(27)9-15(25)17(28)21-4)26-11-14(23-24-26)13-7-6-8-22-18(13)30-5/h6-8,11-12,15-16,27H,9-10H2,1-5H3,(H,21,28)/t12-,15+,16-/m1/s1. The van der Waals surface area contributed by atoms with Crippen molar-refractivity contribution in [2.75, 3.05) is 20.7 Å². The van der Waals surface area contributed by atoms with Gasteiger partial charge in [-0.1, -0.05) is 26.0 Å². The summed E-state index contributed by atoms with van der Waals surface area (Å²) >= 11 is 0. The largest absolute Gasteiger partial charge is 0.481 e. The normalized spacial score (nSPS) is 20.1. The van der Waals surface area contributed by atoms with Crippen molar-refractivity contribution < 1.29 is 19.4 Å². The van der Waals surface area contributed by atoms with Gasteiger partial charge in [-0.3, -0.25) is 9.59 Å². The van der Waals surface area contributed by atoms with Crippen LogP contribution < -0.4 is 10.1 Å². The lowest BCUT2D eigenvalue weighted by Gasteiger charge is -2.34. The van der Waals surface area contributed by atoms with E-state index >= 15 is 0 Å².